The van der Waals surface area contributed by atoms with E-state index >= 15 is 0 Å². The Morgan fingerprint density at radius 2 is 2.04 bits per heavy atom. The van der Waals surface area contributed by atoms with Crippen molar-refractivity contribution in [2.45, 2.75) is 44.0 Å². The zero-order valence-corrected chi connectivity index (χ0v) is 15.6. The molecule has 0 spiro atoms. The molecule has 2 amide bonds. The minimum atomic E-state index is -0.493. The number of esters is 1. The van der Waals surface area contributed by atoms with Crippen LogP contribution in [0.2, 0.25) is 0 Å². The number of hydrogen-bond donors (Lipinski definition) is 1. The number of fused-ring (bicyclic) bond motifs is 1. The van der Waals surface area contributed by atoms with Gasteiger partial charge in [0, 0.05) is 17.0 Å². The Kier molecular flexibility index (Phi) is 6.47. The summed E-state index contributed by atoms with van der Waals surface area (Å²) < 4.78 is 5.01. The number of ether oxygens (including phenoxy) is 1. The second-order valence-electron chi connectivity index (χ2n) is 6.50. The van der Waals surface area contributed by atoms with Crippen LogP contribution in [0.4, 0.5) is 5.69 Å². The van der Waals surface area contributed by atoms with Gasteiger partial charge in [0.05, 0.1) is 17.9 Å². The first-order valence-corrected chi connectivity index (χ1v) is 9.30. The van der Waals surface area contributed by atoms with Crippen molar-refractivity contribution in [1.82, 2.24) is 5.32 Å². The summed E-state index contributed by atoms with van der Waals surface area (Å²) in [7, 11) is 0. The van der Waals surface area contributed by atoms with Gasteiger partial charge in [0.1, 0.15) is 0 Å². The van der Waals surface area contributed by atoms with Crippen LogP contribution in [0.3, 0.4) is 0 Å². The first-order valence-electron chi connectivity index (χ1n) is 8.31. The number of carbonyl (C=O) groups excluding carboxylic acids is 3. The Labute approximate surface area is 152 Å². The fourth-order valence-electron chi connectivity index (χ4n) is 2.32. The van der Waals surface area contributed by atoms with E-state index in [0.29, 0.717) is 5.75 Å². The Morgan fingerprint density at radius 1 is 1.32 bits per heavy atom. The summed E-state index contributed by atoms with van der Waals surface area (Å²) in [4.78, 5) is 38.4. The molecule has 1 heterocycles. The van der Waals surface area contributed by atoms with Gasteiger partial charge < -0.3 is 15.0 Å². The lowest BCUT2D eigenvalue weighted by molar-refractivity contribution is -0.148. The molecule has 0 aliphatic carbocycles. The van der Waals surface area contributed by atoms with Crippen LogP contribution >= 0.6 is 11.8 Å². The van der Waals surface area contributed by atoms with Crippen LogP contribution in [0.15, 0.2) is 29.2 Å². The highest BCUT2D eigenvalue weighted by molar-refractivity contribution is 8.00. The van der Waals surface area contributed by atoms with Crippen LogP contribution in [0.1, 0.15) is 33.6 Å². The van der Waals surface area contributed by atoms with Crippen LogP contribution in [0.25, 0.3) is 0 Å². The van der Waals surface area contributed by atoms with Gasteiger partial charge in [-0.3, -0.25) is 14.4 Å². The summed E-state index contributed by atoms with van der Waals surface area (Å²) in [5.41, 5.74) is 0.490. The SMILES string of the molecule is CCC(C)(C)NC(=O)COC(=O)CCN1C(=O)CSc2ccccc21. The zero-order chi connectivity index (χ0) is 18.4. The van der Waals surface area contributed by atoms with E-state index in [9.17, 15) is 14.4 Å². The van der Waals surface area contributed by atoms with Gasteiger partial charge in [-0.2, -0.15) is 0 Å². The molecule has 1 aliphatic heterocycles. The van der Waals surface area contributed by atoms with Gasteiger partial charge >= 0.3 is 5.97 Å². The molecule has 0 radical (unpaired) electrons. The van der Waals surface area contributed by atoms with E-state index in [-0.39, 0.29) is 36.9 Å². The average Bonchev–Trinajstić information content (AvgIpc) is 2.58. The van der Waals surface area contributed by atoms with Crippen LogP contribution < -0.4 is 10.2 Å². The monoisotopic (exact) mass is 364 g/mol. The fourth-order valence-corrected chi connectivity index (χ4v) is 3.26. The Morgan fingerprint density at radius 3 is 2.76 bits per heavy atom. The molecule has 0 saturated heterocycles. The van der Waals surface area contributed by atoms with Crippen LogP contribution in [-0.2, 0) is 19.1 Å². The second kappa shape index (κ2) is 8.38. The molecular formula is C18H24N2O4S. The van der Waals surface area contributed by atoms with Crippen LogP contribution in [0, 0.1) is 0 Å². The lowest BCUT2D eigenvalue weighted by Gasteiger charge is -2.28. The average molecular weight is 364 g/mol. The van der Waals surface area contributed by atoms with Crippen molar-refractivity contribution < 1.29 is 19.1 Å². The van der Waals surface area contributed by atoms with Crippen molar-refractivity contribution in [3.05, 3.63) is 24.3 Å². The van der Waals surface area contributed by atoms with E-state index in [1.807, 2.05) is 45.0 Å². The molecule has 0 saturated carbocycles. The van der Waals surface area contributed by atoms with Gasteiger partial charge in [0.15, 0.2) is 6.61 Å². The zero-order valence-electron chi connectivity index (χ0n) is 14.8. The quantitative estimate of drug-likeness (QED) is 0.752. The molecule has 0 fully saturated rings. The molecule has 2 rings (SSSR count). The minimum absolute atomic E-state index is 0.0288. The first kappa shape index (κ1) is 19.3. The molecule has 6 nitrogen and oxygen atoms in total. The second-order valence-corrected chi connectivity index (χ2v) is 7.52. The number of amides is 2. The molecule has 1 N–H and O–H groups in total. The summed E-state index contributed by atoms with van der Waals surface area (Å²) in [6.45, 7) is 5.73. The predicted octanol–water partition coefficient (Wildman–Crippen LogP) is 2.36. The third-order valence-corrected chi connectivity index (χ3v) is 5.12. The van der Waals surface area contributed by atoms with E-state index in [0.717, 1.165) is 17.0 Å². The largest absolute Gasteiger partial charge is 0.456 e. The van der Waals surface area contributed by atoms with Crippen LogP contribution in [-0.4, -0.2) is 42.2 Å². The predicted molar refractivity (Wildman–Crippen MR) is 97.6 cm³/mol. The first-order chi connectivity index (χ1) is 11.8. The number of rotatable bonds is 7. The van der Waals surface area contributed by atoms with Crippen molar-refractivity contribution in [2.75, 3.05) is 23.8 Å². The number of nitrogens with one attached hydrogen (secondary N) is 1. The maximum Gasteiger partial charge on any atom is 0.308 e. The maximum atomic E-state index is 12.1. The minimum Gasteiger partial charge on any atom is -0.456 e. The molecule has 1 aromatic carbocycles. The summed E-state index contributed by atoms with van der Waals surface area (Å²) in [5.74, 6) is -0.483. The molecule has 0 atom stereocenters. The third kappa shape index (κ3) is 5.49. The summed E-state index contributed by atoms with van der Waals surface area (Å²) in [6, 6.07) is 7.61. The Hall–Kier alpha value is -2.02. The standard InChI is InChI=1S/C18H24N2O4S/c1-4-18(2,3)19-15(21)11-24-17(23)9-10-20-13-7-5-6-8-14(13)25-12-16(20)22/h5-8H,4,9-12H2,1-3H3,(H,19,21). The lowest BCUT2D eigenvalue weighted by Crippen LogP contribution is -2.44. The normalized spacial score (nSPS) is 14.0. The van der Waals surface area contributed by atoms with E-state index in [2.05, 4.69) is 5.32 Å². The van der Waals surface area contributed by atoms with Crippen molar-refractivity contribution in [3.8, 4) is 0 Å². The lowest BCUT2D eigenvalue weighted by atomic mass is 10.0. The number of nitrogens with zero attached hydrogens (tertiary/aromatic N) is 1. The summed E-state index contributed by atoms with van der Waals surface area (Å²) >= 11 is 1.50. The molecular weight excluding hydrogens is 340 g/mol. The van der Waals surface area contributed by atoms with Gasteiger partial charge in [-0.15, -0.1) is 11.8 Å². The van der Waals surface area contributed by atoms with Gasteiger partial charge in [0.25, 0.3) is 5.91 Å². The molecule has 0 unspecified atom stereocenters. The third-order valence-electron chi connectivity index (χ3n) is 4.07. The number of anilines is 1. The highest BCUT2D eigenvalue weighted by Crippen LogP contribution is 2.34. The van der Waals surface area contributed by atoms with Crippen molar-refractivity contribution in [1.29, 1.82) is 0 Å². The van der Waals surface area contributed by atoms with Gasteiger partial charge in [0.2, 0.25) is 5.91 Å². The van der Waals surface area contributed by atoms with Gasteiger partial charge in [-0.25, -0.2) is 0 Å². The number of benzene rings is 1. The molecule has 136 valence electrons. The van der Waals surface area contributed by atoms with Crippen LogP contribution in [0.5, 0.6) is 0 Å². The molecule has 25 heavy (non-hydrogen) atoms. The van der Waals surface area contributed by atoms with Gasteiger partial charge in [-0.05, 0) is 32.4 Å². The topological polar surface area (TPSA) is 75.7 Å². The molecule has 7 heteroatoms. The smallest absolute Gasteiger partial charge is 0.308 e. The Bertz CT molecular complexity index is 660. The molecule has 1 aliphatic rings. The van der Waals surface area contributed by atoms with E-state index in [1.54, 1.807) is 4.90 Å². The molecule has 0 aromatic heterocycles. The number of thioether (sulfide) groups is 1. The maximum absolute atomic E-state index is 12.1. The highest BCUT2D eigenvalue weighted by Gasteiger charge is 2.25. The summed E-state index contributed by atoms with van der Waals surface area (Å²) in [6.07, 6.45) is 0.830. The van der Waals surface area contributed by atoms with E-state index in [4.69, 9.17) is 4.74 Å². The van der Waals surface area contributed by atoms with Crippen molar-refractivity contribution in [2.24, 2.45) is 0 Å². The number of hydrogen-bond acceptors (Lipinski definition) is 5. The molecule has 0 bridgehead atoms. The Balaban J connectivity index is 1.82. The van der Waals surface area contributed by atoms with E-state index in [1.165, 1.54) is 11.8 Å². The summed E-state index contributed by atoms with van der Waals surface area (Å²) in [5, 5.41) is 2.80. The number of carbonyl (C=O) groups is 3. The highest BCUT2D eigenvalue weighted by atomic mass is 32.2. The molecule has 1 aromatic rings. The van der Waals surface area contributed by atoms with E-state index < -0.39 is 5.97 Å². The van der Waals surface area contributed by atoms with Crippen molar-refractivity contribution in [3.63, 3.8) is 0 Å². The fraction of sp³-hybridized carbons (Fsp3) is 0.500. The number of para-hydroxylation sites is 1. The van der Waals surface area contributed by atoms with Crippen molar-refractivity contribution >= 4 is 35.2 Å². The van der Waals surface area contributed by atoms with Gasteiger partial charge in [-0.1, -0.05) is 19.1 Å².